The van der Waals surface area contributed by atoms with Gasteiger partial charge < -0.3 is 14.4 Å². The van der Waals surface area contributed by atoms with E-state index in [9.17, 15) is 9.90 Å². The molecule has 0 unspecified atom stereocenters. The second kappa shape index (κ2) is 9.15. The predicted octanol–water partition coefficient (Wildman–Crippen LogP) is 2.39. The zero-order chi connectivity index (χ0) is 19.3. The standard InChI is InChI=1S/C20H34N4O3/c1-3-17-21-22-18(27-17)14-23(2)15-20(26)11-7-12-24(19(20)25)13-10-16-8-5-4-6-9-16/h16,26H,3-15H2,1-2H3/t20-/m0/s1. The molecule has 1 aliphatic carbocycles. The number of aryl methyl sites for hydroxylation is 1. The quantitative estimate of drug-likeness (QED) is 0.748. The zero-order valence-electron chi connectivity index (χ0n) is 16.8. The number of likely N-dealkylation sites (tertiary alicyclic amines) is 1. The van der Waals surface area contributed by atoms with Gasteiger partial charge in [0.1, 0.15) is 0 Å². The Morgan fingerprint density at radius 1 is 1.22 bits per heavy atom. The Bertz CT molecular complexity index is 614. The van der Waals surface area contributed by atoms with Gasteiger partial charge in [0, 0.05) is 26.1 Å². The van der Waals surface area contributed by atoms with Crippen LogP contribution in [0.25, 0.3) is 0 Å². The minimum absolute atomic E-state index is 0.115. The number of hydrogen-bond acceptors (Lipinski definition) is 6. The van der Waals surface area contributed by atoms with Crippen LogP contribution in [0.5, 0.6) is 0 Å². The number of nitrogens with zero attached hydrogens (tertiary/aromatic N) is 4. The van der Waals surface area contributed by atoms with E-state index in [0.29, 0.717) is 31.2 Å². The molecular weight excluding hydrogens is 344 g/mol. The van der Waals surface area contributed by atoms with Crippen molar-refractivity contribution >= 4 is 5.91 Å². The molecule has 1 aromatic heterocycles. The van der Waals surface area contributed by atoms with Crippen LogP contribution in [-0.4, -0.2) is 63.3 Å². The first-order valence-corrected chi connectivity index (χ1v) is 10.5. The zero-order valence-corrected chi connectivity index (χ0v) is 16.8. The molecule has 1 aliphatic heterocycles. The van der Waals surface area contributed by atoms with E-state index in [1.807, 2.05) is 23.8 Å². The van der Waals surface area contributed by atoms with Crippen LogP contribution < -0.4 is 0 Å². The molecule has 3 rings (SSSR count). The van der Waals surface area contributed by atoms with Crippen molar-refractivity contribution in [2.45, 2.75) is 76.9 Å². The van der Waals surface area contributed by atoms with Gasteiger partial charge in [0.15, 0.2) is 5.60 Å². The lowest BCUT2D eigenvalue weighted by molar-refractivity contribution is -0.159. The maximum atomic E-state index is 13.0. The summed E-state index contributed by atoms with van der Waals surface area (Å²) in [5.74, 6) is 1.76. The second-order valence-electron chi connectivity index (χ2n) is 8.34. The lowest BCUT2D eigenvalue weighted by Crippen LogP contribution is -2.58. The summed E-state index contributed by atoms with van der Waals surface area (Å²) in [7, 11) is 1.88. The average molecular weight is 379 g/mol. The molecular formula is C20H34N4O3. The third-order valence-electron chi connectivity index (χ3n) is 5.98. The molecule has 2 aliphatic rings. The van der Waals surface area contributed by atoms with E-state index in [4.69, 9.17) is 4.42 Å². The molecule has 1 atom stereocenters. The van der Waals surface area contributed by atoms with Crippen molar-refractivity contribution in [3.63, 3.8) is 0 Å². The molecule has 7 heteroatoms. The molecule has 0 spiro atoms. The van der Waals surface area contributed by atoms with E-state index in [2.05, 4.69) is 10.2 Å². The molecule has 1 amide bonds. The number of carbonyl (C=O) groups excluding carboxylic acids is 1. The van der Waals surface area contributed by atoms with Gasteiger partial charge in [-0.3, -0.25) is 9.69 Å². The molecule has 2 fully saturated rings. The van der Waals surface area contributed by atoms with E-state index < -0.39 is 5.60 Å². The van der Waals surface area contributed by atoms with Crippen molar-refractivity contribution in [2.75, 3.05) is 26.7 Å². The van der Waals surface area contributed by atoms with Crippen LogP contribution in [0.2, 0.25) is 0 Å². The topological polar surface area (TPSA) is 82.7 Å². The lowest BCUT2D eigenvalue weighted by atomic mass is 9.86. The highest BCUT2D eigenvalue weighted by atomic mass is 16.4. The van der Waals surface area contributed by atoms with Crippen LogP contribution in [0.4, 0.5) is 0 Å². The number of aromatic nitrogens is 2. The summed E-state index contributed by atoms with van der Waals surface area (Å²) in [6, 6.07) is 0. The van der Waals surface area contributed by atoms with E-state index in [-0.39, 0.29) is 12.5 Å². The van der Waals surface area contributed by atoms with Gasteiger partial charge in [0.25, 0.3) is 5.91 Å². The number of likely N-dealkylation sites (N-methyl/N-ethyl adjacent to an activating group) is 1. The molecule has 27 heavy (non-hydrogen) atoms. The highest BCUT2D eigenvalue weighted by Crippen LogP contribution is 2.29. The Morgan fingerprint density at radius 2 is 1.96 bits per heavy atom. The highest BCUT2D eigenvalue weighted by molar-refractivity contribution is 5.86. The number of amides is 1. The van der Waals surface area contributed by atoms with Crippen LogP contribution >= 0.6 is 0 Å². The van der Waals surface area contributed by atoms with Gasteiger partial charge >= 0.3 is 0 Å². The van der Waals surface area contributed by atoms with Gasteiger partial charge in [-0.2, -0.15) is 0 Å². The van der Waals surface area contributed by atoms with Gasteiger partial charge in [-0.15, -0.1) is 10.2 Å². The Balaban J connectivity index is 1.52. The molecule has 1 N–H and O–H groups in total. The van der Waals surface area contributed by atoms with Crippen LogP contribution in [0.3, 0.4) is 0 Å². The summed E-state index contributed by atoms with van der Waals surface area (Å²) in [6.45, 7) is 4.23. The van der Waals surface area contributed by atoms with Gasteiger partial charge in [-0.25, -0.2) is 0 Å². The Kier molecular flexibility index (Phi) is 6.87. The van der Waals surface area contributed by atoms with Crippen molar-refractivity contribution in [3.8, 4) is 0 Å². The van der Waals surface area contributed by atoms with Crippen LogP contribution in [0.1, 0.15) is 70.1 Å². The molecule has 152 valence electrons. The first-order chi connectivity index (χ1) is 13.0. The molecule has 0 aromatic carbocycles. The minimum atomic E-state index is -1.31. The number of rotatable bonds is 8. The molecule has 1 saturated heterocycles. The van der Waals surface area contributed by atoms with Crippen molar-refractivity contribution in [2.24, 2.45) is 5.92 Å². The third kappa shape index (κ3) is 5.29. The van der Waals surface area contributed by atoms with E-state index in [1.165, 1.54) is 32.1 Å². The monoisotopic (exact) mass is 378 g/mol. The van der Waals surface area contributed by atoms with Crippen molar-refractivity contribution < 1.29 is 14.3 Å². The minimum Gasteiger partial charge on any atom is -0.424 e. The predicted molar refractivity (Wildman–Crippen MR) is 102 cm³/mol. The van der Waals surface area contributed by atoms with E-state index >= 15 is 0 Å². The maximum Gasteiger partial charge on any atom is 0.255 e. The third-order valence-corrected chi connectivity index (χ3v) is 5.98. The Labute approximate surface area is 162 Å². The number of carbonyl (C=O) groups is 1. The van der Waals surface area contributed by atoms with Crippen molar-refractivity contribution in [1.29, 1.82) is 0 Å². The van der Waals surface area contributed by atoms with Gasteiger partial charge in [-0.05, 0) is 32.2 Å². The van der Waals surface area contributed by atoms with Gasteiger partial charge in [0.05, 0.1) is 6.54 Å². The Morgan fingerprint density at radius 3 is 2.67 bits per heavy atom. The summed E-state index contributed by atoms with van der Waals surface area (Å²) < 4.78 is 5.54. The molecule has 7 nitrogen and oxygen atoms in total. The van der Waals surface area contributed by atoms with Crippen LogP contribution in [-0.2, 0) is 17.8 Å². The number of aliphatic hydroxyl groups is 1. The largest absolute Gasteiger partial charge is 0.424 e. The maximum absolute atomic E-state index is 13.0. The Hall–Kier alpha value is -1.47. The smallest absolute Gasteiger partial charge is 0.255 e. The summed E-state index contributed by atoms with van der Waals surface area (Å²) in [4.78, 5) is 16.7. The fourth-order valence-electron chi connectivity index (χ4n) is 4.47. The summed E-state index contributed by atoms with van der Waals surface area (Å²) in [6.07, 6.45) is 9.71. The summed E-state index contributed by atoms with van der Waals surface area (Å²) >= 11 is 0. The average Bonchev–Trinajstić information content (AvgIpc) is 3.11. The van der Waals surface area contributed by atoms with Crippen LogP contribution in [0, 0.1) is 5.92 Å². The first kappa shape index (κ1) is 20.3. The highest BCUT2D eigenvalue weighted by Gasteiger charge is 2.43. The van der Waals surface area contributed by atoms with E-state index in [1.54, 1.807) is 0 Å². The lowest BCUT2D eigenvalue weighted by Gasteiger charge is -2.40. The number of hydrogen-bond donors (Lipinski definition) is 1. The fraction of sp³-hybridized carbons (Fsp3) is 0.850. The number of piperidine rings is 1. The second-order valence-corrected chi connectivity index (χ2v) is 8.34. The summed E-state index contributed by atoms with van der Waals surface area (Å²) in [5, 5.41) is 19.0. The van der Waals surface area contributed by atoms with E-state index in [0.717, 1.165) is 31.8 Å². The van der Waals surface area contributed by atoms with Crippen molar-refractivity contribution in [3.05, 3.63) is 11.8 Å². The molecule has 1 aromatic rings. The molecule has 0 bridgehead atoms. The molecule has 0 radical (unpaired) electrons. The molecule has 1 saturated carbocycles. The molecule has 2 heterocycles. The van der Waals surface area contributed by atoms with Gasteiger partial charge in [0.2, 0.25) is 11.8 Å². The summed E-state index contributed by atoms with van der Waals surface area (Å²) in [5.41, 5.74) is -1.31. The van der Waals surface area contributed by atoms with Gasteiger partial charge in [-0.1, -0.05) is 39.0 Å². The van der Waals surface area contributed by atoms with Crippen LogP contribution in [0.15, 0.2) is 4.42 Å². The fourth-order valence-corrected chi connectivity index (χ4v) is 4.47. The first-order valence-electron chi connectivity index (χ1n) is 10.5. The normalized spacial score (nSPS) is 24.7. The SMILES string of the molecule is CCc1nnc(CN(C)C[C@@]2(O)CCCN(CCC3CCCCC3)C2=O)o1. The van der Waals surface area contributed by atoms with Crippen molar-refractivity contribution in [1.82, 2.24) is 20.0 Å².